The minimum atomic E-state index is -4.30. The van der Waals surface area contributed by atoms with Crippen molar-refractivity contribution < 1.29 is 31.1 Å². The molecular formula is C17H20F3N3O4S2. The second-order valence-corrected chi connectivity index (χ2v) is 10.8. The van der Waals surface area contributed by atoms with Gasteiger partial charge < -0.3 is 4.74 Å². The maximum Gasteiger partial charge on any atom is 0.410 e. The van der Waals surface area contributed by atoms with Crippen LogP contribution in [0, 0.1) is 0 Å². The largest absolute Gasteiger partial charge is 0.444 e. The van der Waals surface area contributed by atoms with Crippen LogP contribution in [0.1, 0.15) is 43.3 Å². The maximum absolute atomic E-state index is 12.7. The number of halogens is 3. The molecular weight excluding hydrogens is 431 g/mol. The Balaban J connectivity index is 1.72. The highest BCUT2D eigenvalue weighted by Gasteiger charge is 2.32. The van der Waals surface area contributed by atoms with Gasteiger partial charge in [-0.2, -0.15) is 30.8 Å². The predicted molar refractivity (Wildman–Crippen MR) is 99.0 cm³/mol. The smallest absolute Gasteiger partial charge is 0.410 e. The van der Waals surface area contributed by atoms with Gasteiger partial charge in [-0.25, -0.2) is 4.79 Å². The van der Waals surface area contributed by atoms with Crippen LogP contribution in [0.4, 0.5) is 18.0 Å². The molecule has 2 aromatic rings. The summed E-state index contributed by atoms with van der Waals surface area (Å²) >= 11 is 0.795. The van der Waals surface area contributed by atoms with Gasteiger partial charge in [-0.05, 0) is 39.3 Å². The van der Waals surface area contributed by atoms with E-state index in [1.54, 1.807) is 20.8 Å². The van der Waals surface area contributed by atoms with E-state index in [-0.39, 0.29) is 23.7 Å². The molecule has 0 atom stereocenters. The Bertz CT molecular complexity index is 996. The Morgan fingerprint density at radius 1 is 1.24 bits per heavy atom. The normalized spacial score (nSPS) is 14.9. The Labute approximate surface area is 170 Å². The van der Waals surface area contributed by atoms with E-state index in [2.05, 4.69) is 5.10 Å². The van der Waals surface area contributed by atoms with Crippen LogP contribution < -0.4 is 0 Å². The van der Waals surface area contributed by atoms with Gasteiger partial charge in [0.15, 0.2) is 0 Å². The summed E-state index contributed by atoms with van der Waals surface area (Å²) in [7, 11) is -4.01. The number of ether oxygens (including phenoxy) is 1. The van der Waals surface area contributed by atoms with Crippen molar-refractivity contribution >= 4 is 27.5 Å². The van der Waals surface area contributed by atoms with Gasteiger partial charge in [-0.3, -0.25) is 4.90 Å². The third-order valence-corrected chi connectivity index (χ3v) is 7.15. The number of aryl methyl sites for hydroxylation is 1. The molecule has 160 valence electrons. The van der Waals surface area contributed by atoms with Crippen LogP contribution in [0.15, 0.2) is 22.5 Å². The molecule has 0 spiro atoms. The molecule has 0 radical (unpaired) electrons. The minimum Gasteiger partial charge on any atom is -0.444 e. The summed E-state index contributed by atoms with van der Waals surface area (Å²) in [5, 5.41) is 4.07. The number of aromatic nitrogens is 2. The molecule has 0 unspecified atom stereocenters. The van der Waals surface area contributed by atoms with Crippen LogP contribution in [0.2, 0.25) is 0 Å². The average Bonchev–Trinajstić information content (AvgIpc) is 3.25. The summed E-state index contributed by atoms with van der Waals surface area (Å²) in [6.07, 6.45) is -4.78. The number of thiophene rings is 1. The first-order chi connectivity index (χ1) is 13.2. The summed E-state index contributed by atoms with van der Waals surface area (Å²) < 4.78 is 68.6. The van der Waals surface area contributed by atoms with Gasteiger partial charge in [0.2, 0.25) is 0 Å². The van der Waals surface area contributed by atoms with Crippen molar-refractivity contribution in [3.05, 3.63) is 34.5 Å². The molecule has 1 aliphatic heterocycles. The summed E-state index contributed by atoms with van der Waals surface area (Å²) in [5.41, 5.74) is 0.366. The molecule has 7 nitrogen and oxygen atoms in total. The fraction of sp³-hybridized carbons (Fsp3) is 0.529. The lowest BCUT2D eigenvalue weighted by Crippen LogP contribution is -2.33. The number of nitrogens with zero attached hydrogens (tertiary/aromatic N) is 3. The molecule has 3 rings (SSSR count). The summed E-state index contributed by atoms with van der Waals surface area (Å²) in [6, 6.07) is 2.66. The summed E-state index contributed by atoms with van der Waals surface area (Å²) in [4.78, 5) is 13.9. The van der Waals surface area contributed by atoms with E-state index in [0.717, 1.165) is 15.4 Å². The van der Waals surface area contributed by atoms with Crippen molar-refractivity contribution in [1.29, 1.82) is 0 Å². The van der Waals surface area contributed by atoms with Gasteiger partial charge >= 0.3 is 12.3 Å². The maximum atomic E-state index is 12.7. The lowest BCUT2D eigenvalue weighted by molar-refractivity contribution is -0.133. The first-order valence-electron chi connectivity index (χ1n) is 8.71. The predicted octanol–water partition coefficient (Wildman–Crippen LogP) is 3.93. The van der Waals surface area contributed by atoms with Crippen molar-refractivity contribution in [2.45, 2.75) is 62.7 Å². The zero-order chi connectivity index (χ0) is 21.6. The number of amides is 1. The third kappa shape index (κ3) is 5.10. The minimum absolute atomic E-state index is 0.0835. The average molecular weight is 451 g/mol. The molecule has 0 aromatic carbocycles. The van der Waals surface area contributed by atoms with Crippen molar-refractivity contribution in [3.8, 4) is 0 Å². The number of carbonyl (C=O) groups excluding carboxylic acids is 1. The Morgan fingerprint density at radius 3 is 2.52 bits per heavy atom. The van der Waals surface area contributed by atoms with E-state index in [0.29, 0.717) is 16.1 Å². The first-order valence-corrected chi connectivity index (χ1v) is 11.0. The lowest BCUT2D eigenvalue weighted by Gasteiger charge is -2.24. The fourth-order valence-electron chi connectivity index (χ4n) is 2.69. The summed E-state index contributed by atoms with van der Waals surface area (Å²) in [5.74, 6) is 0. The molecule has 0 saturated heterocycles. The third-order valence-electron chi connectivity index (χ3n) is 4.00. The van der Waals surface area contributed by atoms with Crippen molar-refractivity contribution in [1.82, 2.24) is 14.1 Å². The number of fused-ring (bicyclic) bond motifs is 1. The van der Waals surface area contributed by atoms with E-state index in [1.165, 1.54) is 23.2 Å². The molecule has 1 amide bonds. The van der Waals surface area contributed by atoms with Crippen LogP contribution in [0.3, 0.4) is 0 Å². The van der Waals surface area contributed by atoms with Gasteiger partial charge in [0.25, 0.3) is 10.0 Å². The van der Waals surface area contributed by atoms with Gasteiger partial charge in [0.05, 0.1) is 18.8 Å². The quantitative estimate of drug-likeness (QED) is 0.704. The van der Waals surface area contributed by atoms with Crippen LogP contribution in [-0.4, -0.2) is 40.4 Å². The number of rotatable bonds is 4. The van der Waals surface area contributed by atoms with Gasteiger partial charge in [-0.15, -0.1) is 11.3 Å². The standard InChI is InChI=1S/C17H20F3N3O4S2/c1-16(2,3)27-15(24)22-8-11-9-23(21-13(11)10-22)29(25,26)14-5-4-12(28-14)6-7-17(18,19)20/h4-5,9H,6-8,10H2,1-3H3. The molecule has 0 fully saturated rings. The van der Waals surface area contributed by atoms with E-state index >= 15 is 0 Å². The van der Waals surface area contributed by atoms with Gasteiger partial charge in [0, 0.05) is 23.1 Å². The van der Waals surface area contributed by atoms with Crippen LogP contribution in [0.25, 0.3) is 0 Å². The number of carbonyl (C=O) groups is 1. The zero-order valence-corrected chi connectivity index (χ0v) is 17.6. The number of alkyl halides is 3. The van der Waals surface area contributed by atoms with E-state index < -0.39 is 34.3 Å². The second-order valence-electron chi connectivity index (χ2n) is 7.65. The van der Waals surface area contributed by atoms with Crippen LogP contribution >= 0.6 is 11.3 Å². The van der Waals surface area contributed by atoms with E-state index in [9.17, 15) is 26.4 Å². The summed E-state index contributed by atoms with van der Waals surface area (Å²) in [6.45, 7) is 5.53. The molecule has 3 heterocycles. The first kappa shape index (κ1) is 21.6. The fourth-order valence-corrected chi connectivity index (χ4v) is 5.30. The molecule has 2 aromatic heterocycles. The van der Waals surface area contributed by atoms with Crippen LogP contribution in [-0.2, 0) is 34.3 Å². The molecule has 0 N–H and O–H groups in total. The van der Waals surface area contributed by atoms with Gasteiger partial charge in [0.1, 0.15) is 9.81 Å². The Hall–Kier alpha value is -2.08. The van der Waals surface area contributed by atoms with Crippen LogP contribution in [0.5, 0.6) is 0 Å². The van der Waals surface area contributed by atoms with E-state index in [1.807, 2.05) is 0 Å². The highest BCUT2D eigenvalue weighted by atomic mass is 32.2. The monoisotopic (exact) mass is 451 g/mol. The van der Waals surface area contributed by atoms with Crippen molar-refractivity contribution in [2.75, 3.05) is 0 Å². The highest BCUT2D eigenvalue weighted by molar-refractivity contribution is 7.91. The van der Waals surface area contributed by atoms with Crippen molar-refractivity contribution in [3.63, 3.8) is 0 Å². The number of hydrogen-bond acceptors (Lipinski definition) is 6. The number of hydrogen-bond donors (Lipinski definition) is 0. The Morgan fingerprint density at radius 2 is 1.93 bits per heavy atom. The van der Waals surface area contributed by atoms with E-state index in [4.69, 9.17) is 4.74 Å². The zero-order valence-electron chi connectivity index (χ0n) is 16.0. The molecule has 0 bridgehead atoms. The Kier molecular flexibility index (Phi) is 5.45. The molecule has 1 aliphatic rings. The van der Waals surface area contributed by atoms with Gasteiger partial charge in [-0.1, -0.05) is 0 Å². The second kappa shape index (κ2) is 7.31. The molecule has 12 heteroatoms. The van der Waals surface area contributed by atoms with Crippen molar-refractivity contribution in [2.24, 2.45) is 0 Å². The SMILES string of the molecule is CC(C)(C)OC(=O)N1Cc2cn(S(=O)(=O)c3ccc(CCC(F)(F)F)s3)nc2C1. The lowest BCUT2D eigenvalue weighted by atomic mass is 10.2. The molecule has 0 saturated carbocycles. The molecule has 0 aliphatic carbocycles. The highest BCUT2D eigenvalue weighted by Crippen LogP contribution is 2.30. The molecule has 29 heavy (non-hydrogen) atoms. The topological polar surface area (TPSA) is 81.5 Å².